The van der Waals surface area contributed by atoms with Gasteiger partial charge in [0.1, 0.15) is 5.75 Å². The van der Waals surface area contributed by atoms with Crippen molar-refractivity contribution in [3.05, 3.63) is 71.8 Å². The van der Waals surface area contributed by atoms with E-state index in [1.54, 1.807) is 25.3 Å². The van der Waals surface area contributed by atoms with E-state index in [0.717, 1.165) is 23.0 Å². The van der Waals surface area contributed by atoms with Crippen molar-refractivity contribution < 1.29 is 9.53 Å². The molecule has 4 aromatic rings. The van der Waals surface area contributed by atoms with E-state index in [-0.39, 0.29) is 5.91 Å². The van der Waals surface area contributed by atoms with Gasteiger partial charge in [-0.25, -0.2) is 0 Å². The largest absolute Gasteiger partial charge is 0.497 e. The van der Waals surface area contributed by atoms with Crippen molar-refractivity contribution in [1.82, 2.24) is 4.98 Å². The summed E-state index contributed by atoms with van der Waals surface area (Å²) < 4.78 is 5.18. The van der Waals surface area contributed by atoms with Gasteiger partial charge in [-0.15, -0.1) is 0 Å². The molecule has 4 heteroatoms. The number of para-hydroxylation sites is 1. The molecular weight excluding hydrogens is 324 g/mol. The molecule has 2 N–H and O–H groups in total. The molecule has 0 aliphatic carbocycles. The maximum Gasteiger partial charge on any atom is 0.255 e. The summed E-state index contributed by atoms with van der Waals surface area (Å²) in [5.41, 5.74) is 4.80. The number of rotatable bonds is 4. The van der Waals surface area contributed by atoms with Gasteiger partial charge < -0.3 is 15.0 Å². The highest BCUT2D eigenvalue weighted by atomic mass is 16.5. The number of H-pyrrole nitrogens is 1. The van der Waals surface area contributed by atoms with Crippen molar-refractivity contribution in [3.63, 3.8) is 0 Å². The number of hydrogen-bond acceptors (Lipinski definition) is 2. The quantitative estimate of drug-likeness (QED) is 0.538. The SMILES string of the molecule is CCc1cccc2c1[nH]c1cc(NC(=O)c3cccc(OC)c3)ccc12. The first kappa shape index (κ1) is 16.2. The van der Waals surface area contributed by atoms with Crippen LogP contribution in [0.15, 0.2) is 60.7 Å². The van der Waals surface area contributed by atoms with Crippen LogP contribution in [0.3, 0.4) is 0 Å². The van der Waals surface area contributed by atoms with Crippen molar-refractivity contribution in [2.45, 2.75) is 13.3 Å². The summed E-state index contributed by atoms with van der Waals surface area (Å²) in [5.74, 6) is 0.504. The molecule has 4 nitrogen and oxygen atoms in total. The van der Waals surface area contributed by atoms with Gasteiger partial charge in [-0.3, -0.25) is 4.79 Å². The van der Waals surface area contributed by atoms with Crippen LogP contribution in [-0.4, -0.2) is 18.0 Å². The van der Waals surface area contributed by atoms with E-state index in [9.17, 15) is 4.79 Å². The fraction of sp³-hybridized carbons (Fsp3) is 0.136. The van der Waals surface area contributed by atoms with Crippen molar-refractivity contribution in [3.8, 4) is 5.75 Å². The Bertz CT molecular complexity index is 1110. The number of ether oxygens (including phenoxy) is 1. The van der Waals surface area contributed by atoms with E-state index >= 15 is 0 Å². The summed E-state index contributed by atoms with van der Waals surface area (Å²) in [4.78, 5) is 16.0. The van der Waals surface area contributed by atoms with E-state index in [1.165, 1.54) is 16.5 Å². The number of anilines is 1. The minimum Gasteiger partial charge on any atom is -0.497 e. The van der Waals surface area contributed by atoms with Gasteiger partial charge in [-0.2, -0.15) is 0 Å². The van der Waals surface area contributed by atoms with Gasteiger partial charge in [0, 0.05) is 33.1 Å². The first-order chi connectivity index (χ1) is 12.7. The molecule has 1 heterocycles. The number of carbonyl (C=O) groups is 1. The summed E-state index contributed by atoms with van der Waals surface area (Å²) in [6, 6.07) is 19.4. The standard InChI is InChI=1S/C22H20N2O2/c1-3-14-6-5-9-19-18-11-10-16(13-20(18)24-21(14)19)23-22(25)15-7-4-8-17(12-15)26-2/h4-13,24H,3H2,1-2H3,(H,23,25). The molecule has 0 saturated heterocycles. The highest BCUT2D eigenvalue weighted by Gasteiger charge is 2.10. The summed E-state index contributed by atoms with van der Waals surface area (Å²) in [5, 5.41) is 5.33. The molecule has 0 unspecified atom stereocenters. The van der Waals surface area contributed by atoms with Crippen LogP contribution >= 0.6 is 0 Å². The summed E-state index contributed by atoms with van der Waals surface area (Å²) >= 11 is 0. The zero-order chi connectivity index (χ0) is 18.1. The third-order valence-corrected chi connectivity index (χ3v) is 4.69. The first-order valence-corrected chi connectivity index (χ1v) is 8.68. The van der Waals surface area contributed by atoms with Gasteiger partial charge in [0.25, 0.3) is 5.91 Å². The second-order valence-corrected chi connectivity index (χ2v) is 6.26. The highest BCUT2D eigenvalue weighted by Crippen LogP contribution is 2.30. The zero-order valence-corrected chi connectivity index (χ0v) is 14.8. The van der Waals surface area contributed by atoms with Crippen LogP contribution in [-0.2, 0) is 6.42 Å². The Labute approximate surface area is 151 Å². The molecule has 0 fully saturated rings. The zero-order valence-electron chi connectivity index (χ0n) is 14.8. The van der Waals surface area contributed by atoms with Gasteiger partial charge in [0.15, 0.2) is 0 Å². The van der Waals surface area contributed by atoms with Gasteiger partial charge in [-0.05, 0) is 42.3 Å². The number of aryl methyl sites for hydroxylation is 1. The van der Waals surface area contributed by atoms with E-state index < -0.39 is 0 Å². The number of aromatic nitrogens is 1. The maximum absolute atomic E-state index is 12.5. The first-order valence-electron chi connectivity index (χ1n) is 8.68. The molecule has 130 valence electrons. The third kappa shape index (κ3) is 2.80. The number of benzene rings is 3. The van der Waals surface area contributed by atoms with Crippen LogP contribution in [0.5, 0.6) is 5.75 Å². The molecule has 1 amide bonds. The van der Waals surface area contributed by atoms with Crippen LogP contribution in [0.1, 0.15) is 22.8 Å². The molecule has 0 radical (unpaired) electrons. The topological polar surface area (TPSA) is 54.1 Å². The Kier molecular flexibility index (Phi) is 4.09. The van der Waals surface area contributed by atoms with Gasteiger partial charge >= 0.3 is 0 Å². The molecular formula is C22H20N2O2. The van der Waals surface area contributed by atoms with Gasteiger partial charge in [0.2, 0.25) is 0 Å². The fourth-order valence-electron chi connectivity index (χ4n) is 3.33. The molecule has 0 atom stereocenters. The van der Waals surface area contributed by atoms with Crippen LogP contribution in [0.25, 0.3) is 21.8 Å². The molecule has 3 aromatic carbocycles. The van der Waals surface area contributed by atoms with Gasteiger partial charge in [-0.1, -0.05) is 37.3 Å². The van der Waals surface area contributed by atoms with E-state index in [1.807, 2.05) is 18.2 Å². The van der Waals surface area contributed by atoms with Crippen LogP contribution in [0.4, 0.5) is 5.69 Å². The maximum atomic E-state index is 12.5. The Morgan fingerprint density at radius 1 is 1.04 bits per heavy atom. The van der Waals surface area contributed by atoms with Crippen LogP contribution in [0, 0.1) is 0 Å². The summed E-state index contributed by atoms with van der Waals surface area (Å²) in [6.45, 7) is 2.15. The summed E-state index contributed by atoms with van der Waals surface area (Å²) in [7, 11) is 1.59. The lowest BCUT2D eigenvalue weighted by atomic mass is 10.1. The normalized spacial score (nSPS) is 11.0. The number of aromatic amines is 1. The lowest BCUT2D eigenvalue weighted by molar-refractivity contribution is 0.102. The number of amides is 1. The van der Waals surface area contributed by atoms with Crippen molar-refractivity contribution in [2.24, 2.45) is 0 Å². The average Bonchev–Trinajstić information content (AvgIpc) is 3.05. The molecule has 4 rings (SSSR count). The minimum absolute atomic E-state index is 0.159. The van der Waals surface area contributed by atoms with E-state index in [4.69, 9.17) is 4.74 Å². The lowest BCUT2D eigenvalue weighted by Crippen LogP contribution is -2.11. The molecule has 0 spiro atoms. The minimum atomic E-state index is -0.159. The smallest absolute Gasteiger partial charge is 0.255 e. The molecule has 0 saturated carbocycles. The Morgan fingerprint density at radius 3 is 2.69 bits per heavy atom. The average molecular weight is 344 g/mol. The van der Waals surface area contributed by atoms with E-state index in [0.29, 0.717) is 11.3 Å². The third-order valence-electron chi connectivity index (χ3n) is 4.69. The molecule has 0 aliphatic heterocycles. The molecule has 0 bridgehead atoms. The predicted octanol–water partition coefficient (Wildman–Crippen LogP) is 5.14. The van der Waals surface area contributed by atoms with Crippen molar-refractivity contribution >= 4 is 33.4 Å². The number of hydrogen-bond donors (Lipinski definition) is 2. The number of methoxy groups -OCH3 is 1. The number of nitrogens with one attached hydrogen (secondary N) is 2. The summed E-state index contributed by atoms with van der Waals surface area (Å²) in [6.07, 6.45) is 0.976. The van der Waals surface area contributed by atoms with Crippen molar-refractivity contribution in [1.29, 1.82) is 0 Å². The molecule has 0 aliphatic rings. The lowest BCUT2D eigenvalue weighted by Gasteiger charge is -2.07. The predicted molar refractivity (Wildman–Crippen MR) is 106 cm³/mol. The highest BCUT2D eigenvalue weighted by molar-refractivity contribution is 6.10. The van der Waals surface area contributed by atoms with Gasteiger partial charge in [0.05, 0.1) is 7.11 Å². The fourth-order valence-corrected chi connectivity index (χ4v) is 3.33. The second kappa shape index (κ2) is 6.56. The monoisotopic (exact) mass is 344 g/mol. The van der Waals surface area contributed by atoms with Crippen LogP contribution in [0.2, 0.25) is 0 Å². The van der Waals surface area contributed by atoms with Crippen molar-refractivity contribution in [2.75, 3.05) is 12.4 Å². The van der Waals surface area contributed by atoms with Crippen LogP contribution < -0.4 is 10.1 Å². The number of carbonyl (C=O) groups excluding carboxylic acids is 1. The Balaban J connectivity index is 1.69. The molecule has 1 aromatic heterocycles. The van der Waals surface area contributed by atoms with E-state index in [2.05, 4.69) is 41.5 Å². The molecule has 26 heavy (non-hydrogen) atoms. The Hall–Kier alpha value is -3.27. The second-order valence-electron chi connectivity index (χ2n) is 6.26. The Morgan fingerprint density at radius 2 is 1.88 bits per heavy atom. The number of fused-ring (bicyclic) bond motifs is 3.